The first-order valence-electron chi connectivity index (χ1n) is 8.65. The molecule has 0 radical (unpaired) electrons. The molecule has 0 aromatic heterocycles. The Morgan fingerprint density at radius 2 is 1.93 bits per heavy atom. The summed E-state index contributed by atoms with van der Waals surface area (Å²) in [5, 5.41) is 3.44. The van der Waals surface area contributed by atoms with E-state index >= 15 is 0 Å². The number of nitrogens with one attached hydrogen (secondary N) is 3. The molecule has 9 nitrogen and oxygen atoms in total. The van der Waals surface area contributed by atoms with Crippen LogP contribution < -0.4 is 15.5 Å². The molecule has 3 rings (SSSR count). The molecule has 10 heteroatoms. The van der Waals surface area contributed by atoms with Crippen LogP contribution >= 0.6 is 0 Å². The van der Waals surface area contributed by atoms with Gasteiger partial charge in [0.05, 0.1) is 6.26 Å². The monoisotopic (exact) mass is 394 g/mol. The topological polar surface area (TPSA) is 125 Å². The molecule has 1 aliphatic heterocycles. The van der Waals surface area contributed by atoms with Crippen molar-refractivity contribution in [3.63, 3.8) is 0 Å². The Morgan fingerprint density at radius 1 is 1.26 bits per heavy atom. The number of nitrogens with zero attached hydrogens (tertiary/aromatic N) is 1. The number of hydrazine groups is 1. The van der Waals surface area contributed by atoms with Gasteiger partial charge in [-0.1, -0.05) is 13.0 Å². The average molecular weight is 394 g/mol. The van der Waals surface area contributed by atoms with Crippen LogP contribution in [0.3, 0.4) is 0 Å². The maximum absolute atomic E-state index is 12.8. The normalized spacial score (nSPS) is 25.4. The number of hydrogen-bond acceptors (Lipinski definition) is 5. The summed E-state index contributed by atoms with van der Waals surface area (Å²) >= 11 is 0. The van der Waals surface area contributed by atoms with E-state index < -0.39 is 33.4 Å². The highest BCUT2D eigenvalue weighted by Gasteiger charge is 2.52. The van der Waals surface area contributed by atoms with Gasteiger partial charge in [0.25, 0.3) is 11.8 Å². The third-order valence-corrected chi connectivity index (χ3v) is 5.54. The van der Waals surface area contributed by atoms with E-state index in [1.54, 1.807) is 0 Å². The van der Waals surface area contributed by atoms with Crippen molar-refractivity contribution in [3.8, 4) is 0 Å². The zero-order chi connectivity index (χ0) is 19.8. The summed E-state index contributed by atoms with van der Waals surface area (Å²) in [5.74, 6) is -0.649. The molecule has 0 bridgehead atoms. The number of anilines is 1. The molecule has 2 fully saturated rings. The second-order valence-corrected chi connectivity index (χ2v) is 8.98. The molecular formula is C17H22N4O5S. The van der Waals surface area contributed by atoms with Crippen LogP contribution in [0, 0.1) is 5.92 Å². The molecule has 0 unspecified atom stereocenters. The zero-order valence-electron chi connectivity index (χ0n) is 15.1. The molecule has 27 heavy (non-hydrogen) atoms. The summed E-state index contributed by atoms with van der Waals surface area (Å²) < 4.78 is 24.9. The number of imide groups is 1. The van der Waals surface area contributed by atoms with E-state index in [9.17, 15) is 22.8 Å². The maximum Gasteiger partial charge on any atom is 0.344 e. The Balaban J connectivity index is 1.74. The molecule has 1 heterocycles. The Labute approximate surface area is 157 Å². The van der Waals surface area contributed by atoms with Gasteiger partial charge in [0.1, 0.15) is 5.54 Å². The molecule has 1 aliphatic carbocycles. The van der Waals surface area contributed by atoms with Crippen LogP contribution in [0.1, 0.15) is 43.0 Å². The minimum absolute atomic E-state index is 0.113. The highest BCUT2D eigenvalue weighted by molar-refractivity contribution is 7.92. The summed E-state index contributed by atoms with van der Waals surface area (Å²) in [5.41, 5.74) is 1.70. The van der Waals surface area contributed by atoms with E-state index in [2.05, 4.69) is 22.4 Å². The van der Waals surface area contributed by atoms with Gasteiger partial charge in [0, 0.05) is 11.3 Å². The number of rotatable bonds is 4. The van der Waals surface area contributed by atoms with Crippen molar-refractivity contribution in [3.05, 3.63) is 29.8 Å². The van der Waals surface area contributed by atoms with Crippen LogP contribution in [-0.4, -0.2) is 43.1 Å². The minimum Gasteiger partial charge on any atom is -0.322 e. The standard InChI is InChI=1S/C17H22N4O5S/c1-11-6-8-17(9-7-11)15(23)21(16(24)18-17)19-14(22)12-4-3-5-13(10-12)20-27(2,25)26/h3-5,10-11,20H,6-9H2,1-2H3,(H,18,24)(H,19,22). The molecule has 4 amide bonds. The lowest BCUT2D eigenvalue weighted by Gasteiger charge is -2.33. The third kappa shape index (κ3) is 4.05. The lowest BCUT2D eigenvalue weighted by Crippen LogP contribution is -2.51. The number of benzene rings is 1. The van der Waals surface area contributed by atoms with Gasteiger partial charge >= 0.3 is 6.03 Å². The molecule has 1 saturated carbocycles. The Morgan fingerprint density at radius 3 is 2.56 bits per heavy atom. The lowest BCUT2D eigenvalue weighted by atomic mass is 9.77. The lowest BCUT2D eigenvalue weighted by molar-refractivity contribution is -0.134. The van der Waals surface area contributed by atoms with Gasteiger partial charge in [-0.25, -0.2) is 13.2 Å². The first-order chi connectivity index (χ1) is 12.6. The predicted molar refractivity (Wildman–Crippen MR) is 98.1 cm³/mol. The maximum atomic E-state index is 12.8. The summed E-state index contributed by atoms with van der Waals surface area (Å²) in [7, 11) is -3.49. The van der Waals surface area contributed by atoms with E-state index in [0.29, 0.717) is 18.8 Å². The van der Waals surface area contributed by atoms with Crippen molar-refractivity contribution in [2.75, 3.05) is 11.0 Å². The van der Waals surface area contributed by atoms with Gasteiger partial charge in [0.15, 0.2) is 0 Å². The van der Waals surface area contributed by atoms with E-state index in [1.165, 1.54) is 24.3 Å². The van der Waals surface area contributed by atoms with Gasteiger partial charge in [-0.2, -0.15) is 5.01 Å². The number of urea groups is 1. The fourth-order valence-corrected chi connectivity index (χ4v) is 3.97. The summed E-state index contributed by atoms with van der Waals surface area (Å²) in [6.07, 6.45) is 3.73. The van der Waals surface area contributed by atoms with Crippen LogP contribution in [0.4, 0.5) is 10.5 Å². The number of amides is 4. The molecular weight excluding hydrogens is 372 g/mol. The van der Waals surface area contributed by atoms with Crippen LogP contribution in [0.25, 0.3) is 0 Å². The number of sulfonamides is 1. The first-order valence-corrected chi connectivity index (χ1v) is 10.5. The van der Waals surface area contributed by atoms with Crippen molar-refractivity contribution >= 4 is 33.6 Å². The van der Waals surface area contributed by atoms with Crippen LogP contribution in [0.5, 0.6) is 0 Å². The van der Waals surface area contributed by atoms with E-state index in [0.717, 1.165) is 24.1 Å². The molecule has 1 aromatic carbocycles. The fourth-order valence-electron chi connectivity index (χ4n) is 3.42. The smallest absolute Gasteiger partial charge is 0.322 e. The number of hydrogen-bond donors (Lipinski definition) is 3. The van der Waals surface area contributed by atoms with Gasteiger partial charge in [-0.05, 0) is 49.8 Å². The molecule has 3 N–H and O–H groups in total. The first kappa shape index (κ1) is 19.2. The van der Waals surface area contributed by atoms with Crippen molar-refractivity contribution in [2.45, 2.75) is 38.1 Å². The summed E-state index contributed by atoms with van der Waals surface area (Å²) in [6.45, 7) is 2.10. The second-order valence-electron chi connectivity index (χ2n) is 7.23. The minimum atomic E-state index is -3.49. The number of carbonyl (C=O) groups excluding carboxylic acids is 3. The van der Waals surface area contributed by atoms with Crippen LogP contribution in [-0.2, 0) is 14.8 Å². The average Bonchev–Trinajstić information content (AvgIpc) is 2.81. The van der Waals surface area contributed by atoms with Crippen molar-refractivity contribution in [1.82, 2.24) is 15.8 Å². The Hall–Kier alpha value is -2.62. The molecule has 1 aromatic rings. The summed E-state index contributed by atoms with van der Waals surface area (Å²) in [4.78, 5) is 37.5. The molecule has 1 saturated heterocycles. The van der Waals surface area contributed by atoms with Gasteiger partial charge in [-0.15, -0.1) is 0 Å². The molecule has 146 valence electrons. The van der Waals surface area contributed by atoms with Crippen molar-refractivity contribution < 1.29 is 22.8 Å². The quantitative estimate of drug-likeness (QED) is 0.662. The van der Waals surface area contributed by atoms with Gasteiger partial charge < -0.3 is 5.32 Å². The highest BCUT2D eigenvalue weighted by Crippen LogP contribution is 2.35. The van der Waals surface area contributed by atoms with Crippen molar-refractivity contribution in [2.24, 2.45) is 5.92 Å². The molecule has 1 spiro atoms. The van der Waals surface area contributed by atoms with E-state index in [1.807, 2.05) is 0 Å². The van der Waals surface area contributed by atoms with E-state index in [-0.39, 0.29) is 11.3 Å². The van der Waals surface area contributed by atoms with Gasteiger partial charge in [0.2, 0.25) is 10.0 Å². The SMILES string of the molecule is CC1CCC2(CC1)NC(=O)N(NC(=O)c1cccc(NS(C)(=O)=O)c1)C2=O. The largest absolute Gasteiger partial charge is 0.344 e. The number of carbonyl (C=O) groups is 3. The Bertz CT molecular complexity index is 890. The molecule has 2 aliphatic rings. The Kier molecular flexibility index (Phi) is 4.85. The predicted octanol–water partition coefficient (Wildman–Crippen LogP) is 1.20. The zero-order valence-corrected chi connectivity index (χ0v) is 15.9. The van der Waals surface area contributed by atoms with Crippen LogP contribution in [0.2, 0.25) is 0 Å². The van der Waals surface area contributed by atoms with Gasteiger partial charge in [-0.3, -0.25) is 19.7 Å². The second kappa shape index (κ2) is 6.84. The molecule has 0 atom stereocenters. The fraction of sp³-hybridized carbons (Fsp3) is 0.471. The summed E-state index contributed by atoms with van der Waals surface area (Å²) in [6, 6.07) is 5.11. The van der Waals surface area contributed by atoms with E-state index in [4.69, 9.17) is 0 Å². The third-order valence-electron chi connectivity index (χ3n) is 4.93. The van der Waals surface area contributed by atoms with Crippen molar-refractivity contribution in [1.29, 1.82) is 0 Å². The highest BCUT2D eigenvalue weighted by atomic mass is 32.2. The van der Waals surface area contributed by atoms with Crippen LogP contribution in [0.15, 0.2) is 24.3 Å².